The average Bonchev–Trinajstić information content (AvgIpc) is 2.77. The van der Waals surface area contributed by atoms with E-state index in [0.717, 1.165) is 43.1 Å². The van der Waals surface area contributed by atoms with Gasteiger partial charge in [-0.05, 0) is 58.6 Å². The van der Waals surface area contributed by atoms with Crippen molar-refractivity contribution in [3.05, 3.63) is 18.2 Å². The minimum atomic E-state index is -0.763. The molecule has 33 heavy (non-hydrogen) atoms. The van der Waals surface area contributed by atoms with E-state index in [-0.39, 0.29) is 24.1 Å². The van der Waals surface area contributed by atoms with Crippen LogP contribution in [-0.4, -0.2) is 79.2 Å². The van der Waals surface area contributed by atoms with Crippen LogP contribution in [0.4, 0.5) is 16.2 Å². The molecule has 0 aliphatic carbocycles. The summed E-state index contributed by atoms with van der Waals surface area (Å²) >= 11 is 0. The van der Waals surface area contributed by atoms with Gasteiger partial charge < -0.3 is 34.6 Å². The molecule has 1 aromatic carbocycles. The highest BCUT2D eigenvalue weighted by molar-refractivity contribution is 5.88. The lowest BCUT2D eigenvalue weighted by Gasteiger charge is -2.42. The molecule has 0 spiro atoms. The Labute approximate surface area is 195 Å². The Balaban J connectivity index is 1.45. The molecule has 9 nitrogen and oxygen atoms in total. The van der Waals surface area contributed by atoms with Crippen LogP contribution in [0.1, 0.15) is 46.5 Å². The van der Waals surface area contributed by atoms with E-state index in [2.05, 4.69) is 21.2 Å². The quantitative estimate of drug-likeness (QED) is 0.715. The number of piperidine rings is 2. The number of benzene rings is 1. The summed E-state index contributed by atoms with van der Waals surface area (Å²) in [5, 5.41) is 12.4. The molecule has 3 aliphatic rings. The number of hydrogen-bond donors (Lipinski definition) is 2. The van der Waals surface area contributed by atoms with Gasteiger partial charge in [0.05, 0.1) is 17.9 Å². The first-order chi connectivity index (χ1) is 15.6. The zero-order valence-electron chi connectivity index (χ0n) is 20.0. The topological polar surface area (TPSA) is 94.6 Å². The summed E-state index contributed by atoms with van der Waals surface area (Å²) in [4.78, 5) is 31.1. The number of ether oxygens (including phenoxy) is 2. The SMILES string of the molecule is CN(C(=O)OC(C)(C)C)C1CCN(c2cccc3c2OCCN3[C@@H]2CCC(O)NC2=O)CC1. The predicted molar refractivity (Wildman–Crippen MR) is 126 cm³/mol. The fourth-order valence-corrected chi connectivity index (χ4v) is 4.88. The molecule has 2 amide bonds. The van der Waals surface area contributed by atoms with Crippen LogP contribution in [0, 0.1) is 0 Å². The van der Waals surface area contributed by atoms with Crippen molar-refractivity contribution in [1.29, 1.82) is 0 Å². The molecular weight excluding hydrogens is 424 g/mol. The van der Waals surface area contributed by atoms with Crippen molar-refractivity contribution in [3.63, 3.8) is 0 Å². The average molecular weight is 461 g/mol. The molecule has 0 aromatic heterocycles. The largest absolute Gasteiger partial charge is 0.487 e. The lowest BCUT2D eigenvalue weighted by atomic mass is 10.0. The van der Waals surface area contributed by atoms with Crippen molar-refractivity contribution in [2.45, 2.75) is 70.4 Å². The molecule has 2 saturated heterocycles. The van der Waals surface area contributed by atoms with Gasteiger partial charge in [-0.15, -0.1) is 0 Å². The third-order valence-corrected chi connectivity index (χ3v) is 6.60. The van der Waals surface area contributed by atoms with E-state index in [1.54, 1.807) is 4.90 Å². The Bertz CT molecular complexity index is 878. The summed E-state index contributed by atoms with van der Waals surface area (Å²) < 4.78 is 11.6. The van der Waals surface area contributed by atoms with Gasteiger partial charge in [0.25, 0.3) is 0 Å². The zero-order chi connectivity index (χ0) is 23.8. The van der Waals surface area contributed by atoms with E-state index in [1.165, 1.54) is 0 Å². The fraction of sp³-hybridized carbons (Fsp3) is 0.667. The molecule has 0 saturated carbocycles. The first kappa shape index (κ1) is 23.5. The number of fused-ring (bicyclic) bond motifs is 1. The highest BCUT2D eigenvalue weighted by atomic mass is 16.6. The Kier molecular flexibility index (Phi) is 6.61. The molecule has 2 atom stereocenters. The van der Waals surface area contributed by atoms with E-state index in [9.17, 15) is 14.7 Å². The second-order valence-corrected chi connectivity index (χ2v) is 10.1. The number of hydrogen-bond acceptors (Lipinski definition) is 7. The Morgan fingerprint density at radius 1 is 1.15 bits per heavy atom. The maximum Gasteiger partial charge on any atom is 0.410 e. The van der Waals surface area contributed by atoms with Gasteiger partial charge in [-0.25, -0.2) is 4.79 Å². The molecule has 4 rings (SSSR count). The molecule has 1 aromatic rings. The van der Waals surface area contributed by atoms with Crippen molar-refractivity contribution < 1.29 is 24.2 Å². The second kappa shape index (κ2) is 9.29. The zero-order valence-corrected chi connectivity index (χ0v) is 20.0. The number of anilines is 2. The van der Waals surface area contributed by atoms with E-state index in [1.807, 2.05) is 40.0 Å². The standard InChI is InChI=1S/C24H36N4O5/c1-24(2,3)33-23(31)26(4)16-10-12-27(13-11-16)17-6-5-7-18-21(17)32-15-14-28(18)19-8-9-20(29)25-22(19)30/h5-7,16,19-20,29H,8-15H2,1-4H3,(H,25,30)/t19-,20?/m1/s1. The number of carbonyl (C=O) groups is 2. The number of carbonyl (C=O) groups excluding carboxylic acids is 2. The van der Waals surface area contributed by atoms with Gasteiger partial charge in [-0.2, -0.15) is 0 Å². The monoisotopic (exact) mass is 460 g/mol. The smallest absolute Gasteiger partial charge is 0.410 e. The Hall–Kier alpha value is -2.68. The number of nitrogens with zero attached hydrogens (tertiary/aromatic N) is 3. The van der Waals surface area contributed by atoms with Crippen LogP contribution in [0.3, 0.4) is 0 Å². The molecule has 182 valence electrons. The number of para-hydroxylation sites is 1. The normalized spacial score (nSPS) is 24.0. The van der Waals surface area contributed by atoms with Gasteiger partial charge in [-0.1, -0.05) is 6.07 Å². The summed E-state index contributed by atoms with van der Waals surface area (Å²) in [6.45, 7) is 8.37. The van der Waals surface area contributed by atoms with Gasteiger partial charge in [0.2, 0.25) is 5.91 Å². The van der Waals surface area contributed by atoms with Crippen LogP contribution < -0.4 is 19.9 Å². The van der Waals surface area contributed by atoms with Crippen LogP contribution in [0.5, 0.6) is 5.75 Å². The Morgan fingerprint density at radius 3 is 2.52 bits per heavy atom. The molecule has 2 fully saturated rings. The molecule has 2 N–H and O–H groups in total. The van der Waals surface area contributed by atoms with E-state index < -0.39 is 11.8 Å². The van der Waals surface area contributed by atoms with E-state index >= 15 is 0 Å². The van der Waals surface area contributed by atoms with Gasteiger partial charge >= 0.3 is 6.09 Å². The van der Waals surface area contributed by atoms with Crippen LogP contribution in [-0.2, 0) is 9.53 Å². The highest BCUT2D eigenvalue weighted by Gasteiger charge is 2.36. The number of aliphatic hydroxyl groups is 1. The number of amides is 2. The first-order valence-electron chi connectivity index (χ1n) is 11.9. The molecule has 3 heterocycles. The lowest BCUT2D eigenvalue weighted by molar-refractivity contribution is -0.128. The summed E-state index contributed by atoms with van der Waals surface area (Å²) in [6.07, 6.45) is 1.78. The van der Waals surface area contributed by atoms with Crippen molar-refractivity contribution in [2.75, 3.05) is 43.1 Å². The minimum absolute atomic E-state index is 0.130. The van der Waals surface area contributed by atoms with Gasteiger partial charge in [0.15, 0.2) is 5.75 Å². The lowest BCUT2D eigenvalue weighted by Crippen LogP contribution is -2.56. The van der Waals surface area contributed by atoms with E-state index in [0.29, 0.717) is 26.0 Å². The van der Waals surface area contributed by atoms with Crippen molar-refractivity contribution in [3.8, 4) is 5.75 Å². The molecule has 1 unspecified atom stereocenters. The molecule has 9 heteroatoms. The number of aliphatic hydroxyl groups excluding tert-OH is 1. The fourth-order valence-electron chi connectivity index (χ4n) is 4.88. The predicted octanol–water partition coefficient (Wildman–Crippen LogP) is 2.32. The van der Waals surface area contributed by atoms with Gasteiger partial charge in [0.1, 0.15) is 24.5 Å². The van der Waals surface area contributed by atoms with Crippen molar-refractivity contribution in [2.24, 2.45) is 0 Å². The Morgan fingerprint density at radius 2 is 1.85 bits per heavy atom. The molecule has 0 bridgehead atoms. The van der Waals surface area contributed by atoms with E-state index in [4.69, 9.17) is 9.47 Å². The van der Waals surface area contributed by atoms with Crippen LogP contribution in [0.2, 0.25) is 0 Å². The third kappa shape index (κ3) is 5.13. The second-order valence-electron chi connectivity index (χ2n) is 10.1. The highest BCUT2D eigenvalue weighted by Crippen LogP contribution is 2.42. The molecule has 0 radical (unpaired) electrons. The summed E-state index contributed by atoms with van der Waals surface area (Å²) in [6, 6.07) is 5.89. The third-order valence-electron chi connectivity index (χ3n) is 6.60. The minimum Gasteiger partial charge on any atom is -0.487 e. The van der Waals surface area contributed by atoms with Crippen LogP contribution in [0.25, 0.3) is 0 Å². The van der Waals surface area contributed by atoms with Crippen molar-refractivity contribution >= 4 is 23.4 Å². The number of nitrogens with one attached hydrogen (secondary N) is 1. The summed E-state index contributed by atoms with van der Waals surface area (Å²) in [5.74, 6) is 0.666. The summed E-state index contributed by atoms with van der Waals surface area (Å²) in [7, 11) is 1.81. The molecule has 3 aliphatic heterocycles. The van der Waals surface area contributed by atoms with Gasteiger partial charge in [-0.3, -0.25) is 4.79 Å². The van der Waals surface area contributed by atoms with Crippen molar-refractivity contribution in [1.82, 2.24) is 10.2 Å². The van der Waals surface area contributed by atoms with Crippen LogP contribution >= 0.6 is 0 Å². The first-order valence-corrected chi connectivity index (χ1v) is 11.9. The van der Waals surface area contributed by atoms with Gasteiger partial charge in [0, 0.05) is 26.2 Å². The summed E-state index contributed by atoms with van der Waals surface area (Å²) in [5.41, 5.74) is 1.43. The maximum atomic E-state index is 12.5. The van der Waals surface area contributed by atoms with Crippen LogP contribution in [0.15, 0.2) is 18.2 Å². The number of rotatable bonds is 3. The maximum absolute atomic E-state index is 12.5. The molecular formula is C24H36N4O5.